The molecule has 0 radical (unpaired) electrons. The molecule has 0 unspecified atom stereocenters. The third-order valence-electron chi connectivity index (χ3n) is 1.91. The van der Waals surface area contributed by atoms with E-state index in [9.17, 15) is 0 Å². The van der Waals surface area contributed by atoms with Crippen LogP contribution in [0, 0.1) is 6.92 Å². The third kappa shape index (κ3) is 3.29. The van der Waals surface area contributed by atoms with Gasteiger partial charge in [0.25, 0.3) is 0 Å². The van der Waals surface area contributed by atoms with E-state index in [0.29, 0.717) is 6.04 Å². The standard InChI is InChI=1S/C8H12N4.2ClH/c1-6-10-3-2-8(11-6)12-7-4-9-5-7;;/h2-3,7,9H,4-5H2,1H3,(H,10,11,12);2*1H. The summed E-state index contributed by atoms with van der Waals surface area (Å²) >= 11 is 0. The van der Waals surface area contributed by atoms with Crippen LogP contribution in [0.2, 0.25) is 0 Å². The van der Waals surface area contributed by atoms with E-state index in [2.05, 4.69) is 20.6 Å². The molecule has 2 heterocycles. The van der Waals surface area contributed by atoms with Gasteiger partial charge in [-0.25, -0.2) is 9.97 Å². The smallest absolute Gasteiger partial charge is 0.129 e. The summed E-state index contributed by atoms with van der Waals surface area (Å²) in [5.74, 6) is 1.74. The van der Waals surface area contributed by atoms with Gasteiger partial charge in [-0.3, -0.25) is 0 Å². The normalized spacial score (nSPS) is 14.6. The SMILES string of the molecule is Cc1nccc(NC2CNC2)n1.Cl.Cl. The first kappa shape index (κ1) is 13.4. The highest BCUT2D eigenvalue weighted by molar-refractivity contribution is 5.85. The molecule has 80 valence electrons. The van der Waals surface area contributed by atoms with E-state index in [0.717, 1.165) is 24.7 Å². The van der Waals surface area contributed by atoms with Gasteiger partial charge in [-0.2, -0.15) is 0 Å². The van der Waals surface area contributed by atoms with E-state index in [-0.39, 0.29) is 24.8 Å². The lowest BCUT2D eigenvalue weighted by atomic mass is 10.2. The Morgan fingerprint density at radius 3 is 2.64 bits per heavy atom. The van der Waals surface area contributed by atoms with Gasteiger partial charge >= 0.3 is 0 Å². The minimum Gasteiger partial charge on any atom is -0.365 e. The maximum Gasteiger partial charge on any atom is 0.129 e. The van der Waals surface area contributed by atoms with Crippen molar-refractivity contribution in [3.05, 3.63) is 18.1 Å². The monoisotopic (exact) mass is 236 g/mol. The highest BCUT2D eigenvalue weighted by Gasteiger charge is 2.16. The zero-order valence-electron chi connectivity index (χ0n) is 7.86. The fourth-order valence-electron chi connectivity index (χ4n) is 1.14. The summed E-state index contributed by atoms with van der Waals surface area (Å²) < 4.78 is 0. The minimum absolute atomic E-state index is 0. The van der Waals surface area contributed by atoms with Crippen molar-refractivity contribution < 1.29 is 0 Å². The van der Waals surface area contributed by atoms with Crippen LogP contribution in [0.5, 0.6) is 0 Å². The first-order chi connectivity index (χ1) is 5.84. The van der Waals surface area contributed by atoms with E-state index >= 15 is 0 Å². The number of nitrogens with zero attached hydrogens (tertiary/aromatic N) is 2. The molecule has 1 aromatic rings. The van der Waals surface area contributed by atoms with E-state index in [1.54, 1.807) is 6.20 Å². The van der Waals surface area contributed by atoms with Crippen LogP contribution < -0.4 is 10.6 Å². The summed E-state index contributed by atoms with van der Waals surface area (Å²) in [7, 11) is 0. The molecule has 0 aromatic carbocycles. The molecule has 0 saturated carbocycles. The molecule has 2 rings (SSSR count). The third-order valence-corrected chi connectivity index (χ3v) is 1.91. The quantitative estimate of drug-likeness (QED) is 0.806. The van der Waals surface area contributed by atoms with Crippen molar-refractivity contribution in [2.75, 3.05) is 18.4 Å². The summed E-state index contributed by atoms with van der Waals surface area (Å²) in [6.45, 7) is 3.95. The Morgan fingerprint density at radius 1 is 1.43 bits per heavy atom. The number of hydrogen-bond donors (Lipinski definition) is 2. The molecule has 0 spiro atoms. The van der Waals surface area contributed by atoms with Gasteiger partial charge in [0, 0.05) is 19.3 Å². The Bertz CT molecular complexity index is 278. The molecule has 1 aromatic heterocycles. The molecular formula is C8H14Cl2N4. The zero-order valence-corrected chi connectivity index (χ0v) is 9.49. The average Bonchev–Trinajstić information content (AvgIpc) is 1.97. The first-order valence-electron chi connectivity index (χ1n) is 4.11. The largest absolute Gasteiger partial charge is 0.365 e. The van der Waals surface area contributed by atoms with Crippen molar-refractivity contribution in [3.8, 4) is 0 Å². The van der Waals surface area contributed by atoms with Crippen LogP contribution in [0.1, 0.15) is 5.82 Å². The van der Waals surface area contributed by atoms with Crippen molar-refractivity contribution in [3.63, 3.8) is 0 Å². The summed E-state index contributed by atoms with van der Waals surface area (Å²) in [5.41, 5.74) is 0. The van der Waals surface area contributed by atoms with Gasteiger partial charge in [0.2, 0.25) is 0 Å². The number of aromatic nitrogens is 2. The first-order valence-corrected chi connectivity index (χ1v) is 4.11. The highest BCUT2D eigenvalue weighted by atomic mass is 35.5. The van der Waals surface area contributed by atoms with Gasteiger partial charge in [-0.1, -0.05) is 0 Å². The molecule has 0 bridgehead atoms. The van der Waals surface area contributed by atoms with Crippen LogP contribution in [0.15, 0.2) is 12.3 Å². The molecule has 0 aliphatic carbocycles. The van der Waals surface area contributed by atoms with Crippen molar-refractivity contribution in [1.82, 2.24) is 15.3 Å². The maximum absolute atomic E-state index is 4.24. The molecule has 1 aliphatic rings. The Balaban J connectivity index is 0.000000845. The molecule has 14 heavy (non-hydrogen) atoms. The van der Waals surface area contributed by atoms with Gasteiger partial charge in [0.05, 0.1) is 6.04 Å². The predicted molar refractivity (Wildman–Crippen MR) is 61.5 cm³/mol. The Labute approximate surface area is 95.7 Å². The Kier molecular flexibility index (Phi) is 5.76. The summed E-state index contributed by atoms with van der Waals surface area (Å²) in [5, 5.41) is 6.50. The second-order valence-electron chi connectivity index (χ2n) is 2.99. The molecule has 1 fully saturated rings. The van der Waals surface area contributed by atoms with Gasteiger partial charge in [-0.05, 0) is 13.0 Å². The van der Waals surface area contributed by atoms with Crippen molar-refractivity contribution in [2.45, 2.75) is 13.0 Å². The van der Waals surface area contributed by atoms with Gasteiger partial charge in [0.1, 0.15) is 11.6 Å². The Hall–Kier alpha value is -0.580. The van der Waals surface area contributed by atoms with E-state index < -0.39 is 0 Å². The van der Waals surface area contributed by atoms with E-state index in [4.69, 9.17) is 0 Å². The van der Waals surface area contributed by atoms with E-state index in [1.165, 1.54) is 0 Å². The van der Waals surface area contributed by atoms with Crippen LogP contribution in [0.25, 0.3) is 0 Å². The lowest BCUT2D eigenvalue weighted by Gasteiger charge is -2.28. The predicted octanol–water partition coefficient (Wildman–Crippen LogP) is 1.01. The van der Waals surface area contributed by atoms with E-state index in [1.807, 2.05) is 13.0 Å². The number of halogens is 2. The molecule has 2 N–H and O–H groups in total. The number of nitrogens with one attached hydrogen (secondary N) is 2. The molecule has 0 atom stereocenters. The maximum atomic E-state index is 4.24. The second kappa shape index (κ2) is 6.01. The molecule has 1 aliphatic heterocycles. The van der Waals surface area contributed by atoms with Crippen LogP contribution in [0.3, 0.4) is 0 Å². The van der Waals surface area contributed by atoms with Gasteiger partial charge in [0.15, 0.2) is 0 Å². The van der Waals surface area contributed by atoms with Crippen LogP contribution >= 0.6 is 24.8 Å². The molecule has 6 heteroatoms. The van der Waals surface area contributed by atoms with Crippen molar-refractivity contribution >= 4 is 30.6 Å². The number of aryl methyl sites for hydroxylation is 1. The number of anilines is 1. The van der Waals surface area contributed by atoms with Crippen LogP contribution in [0.4, 0.5) is 5.82 Å². The van der Waals surface area contributed by atoms with Crippen LogP contribution in [-0.4, -0.2) is 29.1 Å². The van der Waals surface area contributed by atoms with Gasteiger partial charge in [-0.15, -0.1) is 24.8 Å². The molecule has 4 nitrogen and oxygen atoms in total. The Morgan fingerprint density at radius 2 is 2.14 bits per heavy atom. The van der Waals surface area contributed by atoms with Crippen molar-refractivity contribution in [1.29, 1.82) is 0 Å². The van der Waals surface area contributed by atoms with Gasteiger partial charge < -0.3 is 10.6 Å². The molecule has 1 saturated heterocycles. The number of hydrogen-bond acceptors (Lipinski definition) is 4. The second-order valence-corrected chi connectivity index (χ2v) is 2.99. The summed E-state index contributed by atoms with van der Waals surface area (Å²) in [6.07, 6.45) is 1.77. The lowest BCUT2D eigenvalue weighted by Crippen LogP contribution is -2.51. The topological polar surface area (TPSA) is 49.8 Å². The lowest BCUT2D eigenvalue weighted by molar-refractivity contribution is 0.471. The zero-order chi connectivity index (χ0) is 8.39. The number of rotatable bonds is 2. The van der Waals surface area contributed by atoms with Crippen molar-refractivity contribution in [2.24, 2.45) is 0 Å². The fourth-order valence-corrected chi connectivity index (χ4v) is 1.14. The fraction of sp³-hybridized carbons (Fsp3) is 0.500. The summed E-state index contributed by atoms with van der Waals surface area (Å²) in [6, 6.07) is 2.44. The highest BCUT2D eigenvalue weighted by Crippen LogP contribution is 2.05. The summed E-state index contributed by atoms with van der Waals surface area (Å²) in [4.78, 5) is 8.27. The molecule has 0 amide bonds. The van der Waals surface area contributed by atoms with Crippen LogP contribution in [-0.2, 0) is 0 Å². The molecular weight excluding hydrogens is 223 g/mol. The average molecular weight is 237 g/mol. The minimum atomic E-state index is 0.